The van der Waals surface area contributed by atoms with E-state index in [1.807, 2.05) is 19.2 Å². The van der Waals surface area contributed by atoms with Crippen LogP contribution < -0.4 is 9.47 Å². The quantitative estimate of drug-likeness (QED) is 0.723. The summed E-state index contributed by atoms with van der Waals surface area (Å²) in [7, 11) is 5.22. The molecule has 25 heavy (non-hydrogen) atoms. The van der Waals surface area contributed by atoms with E-state index in [2.05, 4.69) is 4.90 Å². The molecule has 2 amide bonds. The van der Waals surface area contributed by atoms with Crippen LogP contribution in [-0.2, 0) is 22.6 Å². The van der Waals surface area contributed by atoms with Crippen LogP contribution in [0.5, 0.6) is 11.5 Å². The van der Waals surface area contributed by atoms with E-state index in [1.165, 1.54) is 0 Å². The number of carbonyl (C=O) groups is 2. The predicted octanol–water partition coefficient (Wildman–Crippen LogP) is 0.363. The van der Waals surface area contributed by atoms with E-state index in [0.717, 1.165) is 24.2 Å². The molecule has 2 aliphatic rings. The minimum Gasteiger partial charge on any atom is -0.493 e. The van der Waals surface area contributed by atoms with Crippen LogP contribution in [-0.4, -0.2) is 80.5 Å². The molecule has 0 saturated carbocycles. The lowest BCUT2D eigenvalue weighted by atomic mass is 9.98. The van der Waals surface area contributed by atoms with Crippen LogP contribution in [0.4, 0.5) is 0 Å². The van der Waals surface area contributed by atoms with Crippen LogP contribution in [0, 0.1) is 0 Å². The summed E-state index contributed by atoms with van der Waals surface area (Å²) in [5.41, 5.74) is 2.14. The first-order chi connectivity index (χ1) is 12.0. The number of hydrogen-bond donors (Lipinski definition) is 0. The summed E-state index contributed by atoms with van der Waals surface area (Å²) in [6.07, 6.45) is 0.706. The van der Waals surface area contributed by atoms with E-state index < -0.39 is 11.8 Å². The molecule has 1 aromatic rings. The molecule has 136 valence electrons. The first-order valence-electron chi connectivity index (χ1n) is 8.54. The molecular weight excluding hydrogens is 322 g/mol. The second kappa shape index (κ2) is 7.31. The number of nitrogens with zero attached hydrogens (tertiary/aromatic N) is 3. The van der Waals surface area contributed by atoms with Crippen molar-refractivity contribution < 1.29 is 19.1 Å². The second-order valence-electron chi connectivity index (χ2n) is 6.55. The molecule has 3 rings (SSSR count). The highest BCUT2D eigenvalue weighted by atomic mass is 16.5. The van der Waals surface area contributed by atoms with Gasteiger partial charge in [0.15, 0.2) is 11.5 Å². The molecule has 0 bridgehead atoms. The summed E-state index contributed by atoms with van der Waals surface area (Å²) in [5.74, 6) is 0.525. The fraction of sp³-hybridized carbons (Fsp3) is 0.556. The van der Waals surface area contributed by atoms with E-state index >= 15 is 0 Å². The number of ether oxygens (including phenoxy) is 2. The summed E-state index contributed by atoms with van der Waals surface area (Å²) in [4.78, 5) is 30.6. The Morgan fingerprint density at radius 2 is 1.40 bits per heavy atom. The highest BCUT2D eigenvalue weighted by molar-refractivity contribution is 6.34. The number of benzene rings is 1. The van der Waals surface area contributed by atoms with Crippen LogP contribution in [0.25, 0.3) is 0 Å². The van der Waals surface area contributed by atoms with Crippen LogP contribution in [0.3, 0.4) is 0 Å². The molecule has 0 atom stereocenters. The van der Waals surface area contributed by atoms with Crippen molar-refractivity contribution in [1.82, 2.24) is 14.7 Å². The Morgan fingerprint density at radius 3 is 2.00 bits per heavy atom. The Labute approximate surface area is 148 Å². The fourth-order valence-electron chi connectivity index (χ4n) is 3.34. The monoisotopic (exact) mass is 347 g/mol. The maximum absolute atomic E-state index is 12.6. The van der Waals surface area contributed by atoms with Gasteiger partial charge >= 0.3 is 11.8 Å². The van der Waals surface area contributed by atoms with Gasteiger partial charge in [0.05, 0.1) is 14.2 Å². The van der Waals surface area contributed by atoms with Crippen LogP contribution in [0.15, 0.2) is 12.1 Å². The summed E-state index contributed by atoms with van der Waals surface area (Å²) >= 11 is 0. The number of hydrogen-bond acceptors (Lipinski definition) is 5. The van der Waals surface area contributed by atoms with Gasteiger partial charge in [-0.05, 0) is 36.7 Å². The molecule has 0 radical (unpaired) electrons. The molecule has 7 heteroatoms. The molecule has 0 N–H and O–H groups in total. The van der Waals surface area contributed by atoms with Gasteiger partial charge in [-0.1, -0.05) is 0 Å². The zero-order chi connectivity index (χ0) is 18.0. The number of likely N-dealkylation sites (N-methyl/N-ethyl adjacent to an activating group) is 1. The third-order valence-corrected chi connectivity index (χ3v) is 4.98. The maximum atomic E-state index is 12.6. The molecule has 0 unspecified atom stereocenters. The van der Waals surface area contributed by atoms with Crippen LogP contribution >= 0.6 is 0 Å². The molecule has 2 aliphatic heterocycles. The third kappa shape index (κ3) is 3.56. The van der Waals surface area contributed by atoms with Gasteiger partial charge in [0.2, 0.25) is 0 Å². The van der Waals surface area contributed by atoms with E-state index in [1.54, 1.807) is 24.0 Å². The second-order valence-corrected chi connectivity index (χ2v) is 6.55. The van der Waals surface area contributed by atoms with Crippen molar-refractivity contribution >= 4 is 11.8 Å². The average molecular weight is 347 g/mol. The molecule has 0 spiro atoms. The highest BCUT2D eigenvalue weighted by Crippen LogP contribution is 2.33. The first-order valence-corrected chi connectivity index (χ1v) is 8.54. The van der Waals surface area contributed by atoms with E-state index in [9.17, 15) is 9.59 Å². The van der Waals surface area contributed by atoms with Crippen molar-refractivity contribution in [3.8, 4) is 11.5 Å². The van der Waals surface area contributed by atoms with Crippen LogP contribution in [0.1, 0.15) is 11.1 Å². The minimum atomic E-state index is -0.412. The standard InChI is InChI=1S/C18H25N3O4/c1-19-6-8-20(9-7-19)17(22)18(23)21-5-4-13-10-15(24-2)16(25-3)11-14(13)12-21/h10-11H,4-9,12H2,1-3H3. The lowest BCUT2D eigenvalue weighted by Gasteiger charge is -2.34. The lowest BCUT2D eigenvalue weighted by Crippen LogP contribution is -2.53. The highest BCUT2D eigenvalue weighted by Gasteiger charge is 2.31. The largest absolute Gasteiger partial charge is 0.493 e. The molecule has 7 nitrogen and oxygen atoms in total. The molecule has 2 heterocycles. The van der Waals surface area contributed by atoms with Gasteiger partial charge in [-0.15, -0.1) is 0 Å². The van der Waals surface area contributed by atoms with Gasteiger partial charge < -0.3 is 24.2 Å². The number of piperazine rings is 1. The van der Waals surface area contributed by atoms with E-state index in [-0.39, 0.29) is 0 Å². The molecule has 1 aromatic carbocycles. The summed E-state index contributed by atoms with van der Waals surface area (Å²) < 4.78 is 10.7. The Hall–Kier alpha value is -2.28. The van der Waals surface area contributed by atoms with Gasteiger partial charge in [-0.3, -0.25) is 9.59 Å². The predicted molar refractivity (Wildman–Crippen MR) is 92.7 cm³/mol. The molecule has 1 fully saturated rings. The first kappa shape index (κ1) is 17.5. The summed E-state index contributed by atoms with van der Waals surface area (Å²) in [5, 5.41) is 0. The smallest absolute Gasteiger partial charge is 0.312 e. The zero-order valence-corrected chi connectivity index (χ0v) is 15.1. The Balaban J connectivity index is 1.71. The zero-order valence-electron chi connectivity index (χ0n) is 15.1. The van der Waals surface area contributed by atoms with Crippen LogP contribution in [0.2, 0.25) is 0 Å². The summed E-state index contributed by atoms with van der Waals surface area (Å²) in [6, 6.07) is 3.85. The lowest BCUT2D eigenvalue weighted by molar-refractivity contribution is -0.153. The normalized spacial score (nSPS) is 17.9. The van der Waals surface area contributed by atoms with Gasteiger partial charge in [-0.2, -0.15) is 0 Å². The average Bonchev–Trinajstić information content (AvgIpc) is 2.65. The van der Waals surface area contributed by atoms with Crippen molar-refractivity contribution in [1.29, 1.82) is 0 Å². The molecule has 0 aromatic heterocycles. The topological polar surface area (TPSA) is 62.3 Å². The number of amides is 2. The number of carbonyl (C=O) groups excluding carboxylic acids is 2. The summed E-state index contributed by atoms with van der Waals surface area (Å²) in [6.45, 7) is 3.79. The minimum absolute atomic E-state index is 0.392. The van der Waals surface area contributed by atoms with Crippen molar-refractivity contribution in [3.63, 3.8) is 0 Å². The maximum Gasteiger partial charge on any atom is 0.312 e. The van der Waals surface area contributed by atoms with Gasteiger partial charge in [0.25, 0.3) is 0 Å². The Bertz CT molecular complexity index is 669. The van der Waals surface area contributed by atoms with E-state index in [4.69, 9.17) is 9.47 Å². The van der Waals surface area contributed by atoms with E-state index in [0.29, 0.717) is 44.1 Å². The van der Waals surface area contributed by atoms with Crippen molar-refractivity contribution in [2.45, 2.75) is 13.0 Å². The van der Waals surface area contributed by atoms with Gasteiger partial charge in [-0.25, -0.2) is 0 Å². The molecular formula is C18H25N3O4. The number of methoxy groups -OCH3 is 2. The molecule has 1 saturated heterocycles. The number of rotatable bonds is 2. The van der Waals surface area contributed by atoms with Gasteiger partial charge in [0, 0.05) is 39.3 Å². The van der Waals surface area contributed by atoms with Crippen molar-refractivity contribution in [3.05, 3.63) is 23.3 Å². The molecule has 0 aliphatic carbocycles. The van der Waals surface area contributed by atoms with Crippen molar-refractivity contribution in [2.75, 3.05) is 54.0 Å². The Kier molecular flexibility index (Phi) is 5.13. The third-order valence-electron chi connectivity index (χ3n) is 4.98. The number of fused-ring (bicyclic) bond motifs is 1. The van der Waals surface area contributed by atoms with Crippen molar-refractivity contribution in [2.24, 2.45) is 0 Å². The SMILES string of the molecule is COc1cc2c(cc1OC)CN(C(=O)C(=O)N1CCN(C)CC1)CC2. The van der Waals surface area contributed by atoms with Gasteiger partial charge in [0.1, 0.15) is 0 Å². The Morgan fingerprint density at radius 1 is 0.840 bits per heavy atom. The fourth-order valence-corrected chi connectivity index (χ4v) is 3.34.